The number of hydrogen-bond donors (Lipinski definition) is 0. The Morgan fingerprint density at radius 1 is 0.893 bits per heavy atom. The van der Waals surface area contributed by atoms with Crippen LogP contribution in [0.2, 0.25) is 0 Å². The highest BCUT2D eigenvalue weighted by atomic mass is 16.6. The minimum absolute atomic E-state index is 0.0888. The first-order chi connectivity index (χ1) is 13.8. The summed E-state index contributed by atoms with van der Waals surface area (Å²) < 4.78 is 17.4. The number of ketones is 1. The third-order valence-electron chi connectivity index (χ3n) is 4.86. The Labute approximate surface area is 162 Å². The van der Waals surface area contributed by atoms with Crippen LogP contribution in [0.15, 0.2) is 89.3 Å². The molecular formula is C24H18O4. The second kappa shape index (κ2) is 6.98. The normalized spacial score (nSPS) is 18.1. The number of para-hydroxylation sites is 2. The van der Waals surface area contributed by atoms with Crippen LogP contribution in [0.1, 0.15) is 27.8 Å². The molecule has 1 aliphatic heterocycles. The molecule has 0 bridgehead atoms. The molecule has 1 aromatic heterocycles. The third kappa shape index (κ3) is 3.19. The van der Waals surface area contributed by atoms with Crippen molar-refractivity contribution in [3.63, 3.8) is 0 Å². The number of carbonyl (C=O) groups is 1. The van der Waals surface area contributed by atoms with Crippen LogP contribution in [0.3, 0.4) is 0 Å². The van der Waals surface area contributed by atoms with Gasteiger partial charge >= 0.3 is 0 Å². The van der Waals surface area contributed by atoms with E-state index in [2.05, 4.69) is 0 Å². The van der Waals surface area contributed by atoms with E-state index in [-0.39, 0.29) is 11.9 Å². The molecule has 0 amide bonds. The average Bonchev–Trinajstić information content (AvgIpc) is 3.44. The van der Waals surface area contributed by atoms with Gasteiger partial charge in [0.25, 0.3) is 0 Å². The van der Waals surface area contributed by atoms with Crippen LogP contribution < -0.4 is 4.74 Å². The summed E-state index contributed by atoms with van der Waals surface area (Å²) in [6.07, 6.45) is -0.885. The predicted molar refractivity (Wildman–Crippen MR) is 105 cm³/mol. The number of furan rings is 1. The van der Waals surface area contributed by atoms with E-state index in [1.807, 2.05) is 78.9 Å². The zero-order valence-electron chi connectivity index (χ0n) is 15.1. The first-order valence-corrected chi connectivity index (χ1v) is 9.23. The van der Waals surface area contributed by atoms with Crippen molar-refractivity contribution in [3.8, 4) is 5.75 Å². The molecule has 0 N–H and O–H groups in total. The predicted octanol–water partition coefficient (Wildman–Crippen LogP) is 5.33. The molecule has 5 rings (SSSR count). The van der Waals surface area contributed by atoms with Gasteiger partial charge in [-0.2, -0.15) is 0 Å². The van der Waals surface area contributed by atoms with E-state index < -0.39 is 6.10 Å². The Hall–Kier alpha value is -3.37. The fraction of sp³-hybridized carbons (Fsp3) is 0.125. The molecule has 4 aromatic rings. The van der Waals surface area contributed by atoms with E-state index in [1.165, 1.54) is 0 Å². The fourth-order valence-electron chi connectivity index (χ4n) is 3.36. The van der Waals surface area contributed by atoms with Gasteiger partial charge in [0.15, 0.2) is 11.9 Å². The van der Waals surface area contributed by atoms with Crippen molar-refractivity contribution in [2.24, 2.45) is 0 Å². The SMILES string of the molecule is O=C(c1ccccc1OCc1ccccc1)[C@@H]1O[C@@H]1c1cc2ccccc2o1. The largest absolute Gasteiger partial charge is 0.488 e. The van der Waals surface area contributed by atoms with Gasteiger partial charge < -0.3 is 13.9 Å². The molecule has 0 aliphatic carbocycles. The van der Waals surface area contributed by atoms with Gasteiger partial charge in [-0.05, 0) is 29.8 Å². The molecule has 0 radical (unpaired) electrons. The number of fused-ring (bicyclic) bond motifs is 1. The summed E-state index contributed by atoms with van der Waals surface area (Å²) in [5.74, 6) is 1.16. The molecule has 1 aliphatic rings. The van der Waals surface area contributed by atoms with Crippen molar-refractivity contribution in [2.75, 3.05) is 0 Å². The van der Waals surface area contributed by atoms with Gasteiger partial charge in [-0.15, -0.1) is 0 Å². The van der Waals surface area contributed by atoms with Gasteiger partial charge in [-0.25, -0.2) is 0 Å². The molecule has 1 saturated heterocycles. The molecule has 3 aromatic carbocycles. The van der Waals surface area contributed by atoms with E-state index in [9.17, 15) is 4.79 Å². The Kier molecular flexibility index (Phi) is 4.18. The highest BCUT2D eigenvalue weighted by Crippen LogP contribution is 2.43. The zero-order valence-corrected chi connectivity index (χ0v) is 15.1. The number of epoxide rings is 1. The molecule has 0 unspecified atom stereocenters. The molecular weight excluding hydrogens is 352 g/mol. The monoisotopic (exact) mass is 370 g/mol. The van der Waals surface area contributed by atoms with Gasteiger partial charge in [0.2, 0.25) is 0 Å². The molecule has 2 heterocycles. The second-order valence-electron chi connectivity index (χ2n) is 6.80. The molecule has 28 heavy (non-hydrogen) atoms. The van der Waals surface area contributed by atoms with Crippen molar-refractivity contribution < 1.29 is 18.7 Å². The number of Topliss-reactive ketones (excluding diaryl/α,β-unsaturated/α-hetero) is 1. The van der Waals surface area contributed by atoms with Crippen LogP contribution in [0.25, 0.3) is 11.0 Å². The van der Waals surface area contributed by atoms with E-state index in [1.54, 1.807) is 6.07 Å². The molecule has 2 atom stereocenters. The lowest BCUT2D eigenvalue weighted by molar-refractivity contribution is 0.0949. The number of rotatable bonds is 6. The number of carbonyl (C=O) groups excluding carboxylic acids is 1. The lowest BCUT2D eigenvalue weighted by Gasteiger charge is -2.10. The summed E-state index contributed by atoms with van der Waals surface area (Å²) in [6, 6.07) is 26.9. The molecule has 4 heteroatoms. The van der Waals surface area contributed by atoms with Crippen LogP contribution in [-0.2, 0) is 11.3 Å². The summed E-state index contributed by atoms with van der Waals surface area (Å²) in [6.45, 7) is 0.406. The Balaban J connectivity index is 1.33. The first-order valence-electron chi connectivity index (χ1n) is 9.23. The molecule has 4 nitrogen and oxygen atoms in total. The molecule has 0 spiro atoms. The van der Waals surface area contributed by atoms with Crippen LogP contribution in [0.4, 0.5) is 0 Å². The minimum atomic E-state index is -0.540. The van der Waals surface area contributed by atoms with Gasteiger partial charge in [0.1, 0.15) is 29.8 Å². The summed E-state index contributed by atoms with van der Waals surface area (Å²) in [5, 5.41) is 1.01. The Bertz CT molecular complexity index is 1100. The van der Waals surface area contributed by atoms with Crippen molar-refractivity contribution in [1.29, 1.82) is 0 Å². The summed E-state index contributed by atoms with van der Waals surface area (Å²) >= 11 is 0. The summed E-state index contributed by atoms with van der Waals surface area (Å²) in [5.41, 5.74) is 2.38. The minimum Gasteiger partial charge on any atom is -0.488 e. The standard InChI is InChI=1S/C24H18O4/c25-22(24-23(28-24)21-14-17-10-4-6-12-19(17)27-21)18-11-5-7-13-20(18)26-15-16-8-2-1-3-9-16/h1-14,23-24H,15H2/t23-,24+/m1/s1. The maximum absolute atomic E-state index is 13.0. The average molecular weight is 370 g/mol. The lowest BCUT2D eigenvalue weighted by atomic mass is 10.0. The van der Waals surface area contributed by atoms with Crippen LogP contribution in [0, 0.1) is 0 Å². The van der Waals surface area contributed by atoms with Crippen LogP contribution in [-0.4, -0.2) is 11.9 Å². The molecule has 138 valence electrons. The lowest BCUT2D eigenvalue weighted by Crippen LogP contribution is -2.10. The quantitative estimate of drug-likeness (QED) is 0.340. The van der Waals surface area contributed by atoms with Crippen molar-refractivity contribution >= 4 is 16.8 Å². The van der Waals surface area contributed by atoms with Crippen LogP contribution >= 0.6 is 0 Å². The van der Waals surface area contributed by atoms with Crippen molar-refractivity contribution in [3.05, 3.63) is 102 Å². The Morgan fingerprint density at radius 3 is 2.50 bits per heavy atom. The van der Waals surface area contributed by atoms with Crippen molar-refractivity contribution in [1.82, 2.24) is 0 Å². The molecule has 1 fully saturated rings. The van der Waals surface area contributed by atoms with Crippen molar-refractivity contribution in [2.45, 2.75) is 18.8 Å². The van der Waals surface area contributed by atoms with Gasteiger partial charge in [0.05, 0.1) is 5.56 Å². The molecule has 0 saturated carbocycles. The highest BCUT2D eigenvalue weighted by molar-refractivity contribution is 6.03. The highest BCUT2D eigenvalue weighted by Gasteiger charge is 2.49. The second-order valence-corrected chi connectivity index (χ2v) is 6.80. The van der Waals surface area contributed by atoms with E-state index in [0.29, 0.717) is 23.7 Å². The first kappa shape index (κ1) is 16.8. The van der Waals surface area contributed by atoms with E-state index >= 15 is 0 Å². The van der Waals surface area contributed by atoms with Gasteiger partial charge in [-0.1, -0.05) is 60.7 Å². The van der Waals surface area contributed by atoms with E-state index in [0.717, 1.165) is 16.5 Å². The fourth-order valence-corrected chi connectivity index (χ4v) is 3.36. The zero-order chi connectivity index (χ0) is 18.9. The Morgan fingerprint density at radius 2 is 1.64 bits per heavy atom. The van der Waals surface area contributed by atoms with E-state index in [4.69, 9.17) is 13.9 Å². The number of hydrogen-bond acceptors (Lipinski definition) is 4. The number of benzene rings is 3. The van der Waals surface area contributed by atoms with Crippen LogP contribution in [0.5, 0.6) is 5.75 Å². The van der Waals surface area contributed by atoms with Gasteiger partial charge in [0, 0.05) is 5.39 Å². The maximum atomic E-state index is 13.0. The third-order valence-corrected chi connectivity index (χ3v) is 4.86. The number of ether oxygens (including phenoxy) is 2. The smallest absolute Gasteiger partial charge is 0.198 e. The summed E-state index contributed by atoms with van der Waals surface area (Å²) in [7, 11) is 0. The topological polar surface area (TPSA) is 52.0 Å². The maximum Gasteiger partial charge on any atom is 0.198 e. The summed E-state index contributed by atoms with van der Waals surface area (Å²) in [4.78, 5) is 13.0. The van der Waals surface area contributed by atoms with Gasteiger partial charge in [-0.3, -0.25) is 4.79 Å².